The van der Waals surface area contributed by atoms with Crippen LogP contribution in [0.1, 0.15) is 22.3 Å². The lowest BCUT2D eigenvalue weighted by molar-refractivity contribution is -0.138. The molecule has 0 saturated heterocycles. The van der Waals surface area contributed by atoms with Crippen LogP contribution in [0.5, 0.6) is 0 Å². The summed E-state index contributed by atoms with van der Waals surface area (Å²) < 4.78 is 88.6. The van der Waals surface area contributed by atoms with Crippen molar-refractivity contribution in [2.75, 3.05) is 0 Å². The van der Waals surface area contributed by atoms with Gasteiger partial charge < -0.3 is 9.13 Å². The SMILES string of the molecule is Cc1cc(-c2ccc3c(c2)c2cc(-c4cc(C)cc(C(F)(F)F)c4)ccc2n3-c2ccccc2-c2ccccc2-n2c3ccccc3c3ccccc32)cc(C(F)(F)F)c1. The Hall–Kier alpha value is -7.06. The van der Waals surface area contributed by atoms with Gasteiger partial charge in [0, 0.05) is 32.7 Å². The van der Waals surface area contributed by atoms with Crippen LogP contribution in [-0.2, 0) is 12.4 Å². The molecule has 2 aromatic heterocycles. The molecule has 0 fully saturated rings. The van der Waals surface area contributed by atoms with Crippen LogP contribution in [0, 0.1) is 13.8 Å². The zero-order valence-corrected chi connectivity index (χ0v) is 32.3. The minimum atomic E-state index is -4.53. The molecule has 0 amide bonds. The smallest absolute Gasteiger partial charge is 0.309 e. The van der Waals surface area contributed by atoms with E-state index in [0.29, 0.717) is 33.4 Å². The summed E-state index contributed by atoms with van der Waals surface area (Å²) in [6.07, 6.45) is -9.06. The summed E-state index contributed by atoms with van der Waals surface area (Å²) in [6, 6.07) is 52.3. The fraction of sp³-hybridized carbons (Fsp3) is 0.0769. The van der Waals surface area contributed by atoms with Gasteiger partial charge in [0.05, 0.1) is 44.6 Å². The van der Waals surface area contributed by atoms with Crippen molar-refractivity contribution in [1.29, 1.82) is 0 Å². The van der Waals surface area contributed by atoms with Crippen LogP contribution in [-0.4, -0.2) is 9.13 Å². The molecular weight excluding hydrogens is 767 g/mol. The lowest BCUT2D eigenvalue weighted by atomic mass is 9.96. The molecule has 2 nitrogen and oxygen atoms in total. The Morgan fingerprint density at radius 1 is 0.333 bits per heavy atom. The van der Waals surface area contributed by atoms with E-state index in [1.165, 1.54) is 0 Å². The zero-order valence-electron chi connectivity index (χ0n) is 32.3. The minimum absolute atomic E-state index is 0.412. The first-order valence-electron chi connectivity index (χ1n) is 19.5. The summed E-state index contributed by atoms with van der Waals surface area (Å²) in [6.45, 7) is 3.28. The second-order valence-electron chi connectivity index (χ2n) is 15.4. The van der Waals surface area contributed by atoms with Gasteiger partial charge in [0.25, 0.3) is 0 Å². The van der Waals surface area contributed by atoms with Gasteiger partial charge in [0.1, 0.15) is 0 Å². The highest BCUT2D eigenvalue weighted by Crippen LogP contribution is 2.43. The first-order valence-corrected chi connectivity index (χ1v) is 19.5. The van der Waals surface area contributed by atoms with Crippen LogP contribution < -0.4 is 0 Å². The van der Waals surface area contributed by atoms with E-state index < -0.39 is 23.5 Å². The van der Waals surface area contributed by atoms with E-state index in [1.54, 1.807) is 26.0 Å². The highest BCUT2D eigenvalue weighted by atomic mass is 19.4. The van der Waals surface area contributed by atoms with Crippen LogP contribution in [0.25, 0.3) is 88.4 Å². The van der Waals surface area contributed by atoms with Crippen LogP contribution >= 0.6 is 0 Å². The largest absolute Gasteiger partial charge is 0.416 e. The second-order valence-corrected chi connectivity index (χ2v) is 15.4. The molecule has 8 heteroatoms. The number of benzene rings is 8. The number of hydrogen-bond donors (Lipinski definition) is 0. The van der Waals surface area contributed by atoms with Crippen molar-refractivity contribution in [1.82, 2.24) is 9.13 Å². The fourth-order valence-electron chi connectivity index (χ4n) is 8.84. The van der Waals surface area contributed by atoms with Crippen molar-refractivity contribution in [2.45, 2.75) is 26.2 Å². The molecule has 0 spiro atoms. The van der Waals surface area contributed by atoms with E-state index >= 15 is 0 Å². The molecule has 0 atom stereocenters. The van der Waals surface area contributed by atoms with Crippen LogP contribution in [0.4, 0.5) is 26.3 Å². The Morgan fingerprint density at radius 2 is 0.700 bits per heavy atom. The van der Waals surface area contributed by atoms with E-state index in [9.17, 15) is 26.3 Å². The molecule has 60 heavy (non-hydrogen) atoms. The lowest BCUT2D eigenvalue weighted by Gasteiger charge is -2.18. The van der Waals surface area contributed by atoms with Crippen molar-refractivity contribution < 1.29 is 26.3 Å². The van der Waals surface area contributed by atoms with Crippen LogP contribution in [0.2, 0.25) is 0 Å². The molecule has 0 N–H and O–H groups in total. The van der Waals surface area contributed by atoms with Gasteiger partial charge in [-0.05, 0) is 120 Å². The third kappa shape index (κ3) is 6.22. The quantitative estimate of drug-likeness (QED) is 0.153. The summed E-state index contributed by atoms with van der Waals surface area (Å²) >= 11 is 0. The third-order valence-corrected chi connectivity index (χ3v) is 11.4. The van der Waals surface area contributed by atoms with Gasteiger partial charge in [0.2, 0.25) is 0 Å². The third-order valence-electron chi connectivity index (χ3n) is 11.4. The number of hydrogen-bond acceptors (Lipinski definition) is 0. The Bertz CT molecular complexity index is 3150. The predicted molar refractivity (Wildman–Crippen MR) is 231 cm³/mol. The number of aryl methyl sites for hydroxylation is 2. The van der Waals surface area contributed by atoms with Gasteiger partial charge in [-0.15, -0.1) is 0 Å². The van der Waals surface area contributed by atoms with Crippen LogP contribution in [0.15, 0.2) is 170 Å². The van der Waals surface area contributed by atoms with E-state index in [-0.39, 0.29) is 0 Å². The van der Waals surface area contributed by atoms with Crippen molar-refractivity contribution in [3.63, 3.8) is 0 Å². The van der Waals surface area contributed by atoms with Gasteiger partial charge >= 0.3 is 12.4 Å². The minimum Gasteiger partial charge on any atom is -0.309 e. The molecule has 0 saturated carbocycles. The Morgan fingerprint density at radius 3 is 1.12 bits per heavy atom. The predicted octanol–water partition coefficient (Wildman–Crippen LogP) is 15.5. The number of nitrogens with zero attached hydrogens (tertiary/aromatic N) is 2. The molecule has 0 aliphatic heterocycles. The van der Waals surface area contributed by atoms with E-state index in [1.807, 2.05) is 91.0 Å². The topological polar surface area (TPSA) is 9.86 Å². The number of halogens is 6. The van der Waals surface area contributed by atoms with E-state index in [0.717, 1.165) is 90.4 Å². The lowest BCUT2D eigenvalue weighted by Crippen LogP contribution is -2.05. The molecule has 0 unspecified atom stereocenters. The van der Waals surface area contributed by atoms with Gasteiger partial charge in [-0.3, -0.25) is 0 Å². The number of aromatic nitrogens is 2. The molecule has 0 bridgehead atoms. The standard InChI is InChI=1S/C52H34F6N2/c1-31-23-35(27-37(25-31)51(53,54)55)33-19-21-49-43(29-33)44-30-34(36-24-32(2)26-38(28-36)52(56,57)58)20-22-50(44)60(49)48-18-10-6-14-42(48)41-13-5-9-17-47(41)59-45-15-7-3-11-39(45)40-12-4-8-16-46(40)59/h3-30H,1-2H3. The molecule has 0 aliphatic carbocycles. The number of para-hydroxylation sites is 4. The summed E-state index contributed by atoms with van der Waals surface area (Å²) in [7, 11) is 0. The van der Waals surface area contributed by atoms with Gasteiger partial charge in [-0.2, -0.15) is 26.3 Å². The molecule has 8 aromatic carbocycles. The molecule has 0 radical (unpaired) electrons. The zero-order chi connectivity index (χ0) is 41.5. The number of rotatable bonds is 5. The molecular formula is C52H34F6N2. The second kappa shape index (κ2) is 13.8. The molecule has 294 valence electrons. The molecule has 0 aliphatic rings. The maximum Gasteiger partial charge on any atom is 0.416 e. The highest BCUT2D eigenvalue weighted by molar-refractivity contribution is 6.13. The van der Waals surface area contributed by atoms with Gasteiger partial charge in [-0.25, -0.2) is 0 Å². The average Bonchev–Trinajstić information content (AvgIpc) is 3.74. The van der Waals surface area contributed by atoms with Crippen molar-refractivity contribution in [3.05, 3.63) is 192 Å². The van der Waals surface area contributed by atoms with Crippen LogP contribution in [0.3, 0.4) is 0 Å². The molecule has 2 heterocycles. The molecule has 10 rings (SSSR count). The summed E-state index contributed by atoms with van der Waals surface area (Å²) in [5.41, 5.74) is 8.91. The van der Waals surface area contributed by atoms with Crippen molar-refractivity contribution in [3.8, 4) is 44.8 Å². The Balaban J connectivity index is 1.24. The number of alkyl halides is 6. The molecule has 10 aromatic rings. The van der Waals surface area contributed by atoms with E-state index in [4.69, 9.17) is 0 Å². The average molecular weight is 801 g/mol. The Kier molecular flexibility index (Phi) is 8.54. The summed E-state index contributed by atoms with van der Waals surface area (Å²) in [4.78, 5) is 0. The fourth-order valence-corrected chi connectivity index (χ4v) is 8.84. The van der Waals surface area contributed by atoms with Crippen molar-refractivity contribution in [2.24, 2.45) is 0 Å². The van der Waals surface area contributed by atoms with E-state index in [2.05, 4.69) is 51.6 Å². The van der Waals surface area contributed by atoms with Gasteiger partial charge in [0.15, 0.2) is 0 Å². The maximum atomic E-state index is 14.0. The normalized spacial score (nSPS) is 12.3. The summed E-state index contributed by atoms with van der Waals surface area (Å²) in [5, 5.41) is 3.76. The number of fused-ring (bicyclic) bond motifs is 6. The summed E-state index contributed by atoms with van der Waals surface area (Å²) in [5.74, 6) is 0. The maximum absolute atomic E-state index is 14.0. The first kappa shape index (κ1) is 37.2. The first-order chi connectivity index (χ1) is 28.8. The Labute approximate surface area is 341 Å². The monoisotopic (exact) mass is 800 g/mol. The highest BCUT2D eigenvalue weighted by Gasteiger charge is 2.32. The van der Waals surface area contributed by atoms with Gasteiger partial charge in [-0.1, -0.05) is 97.1 Å². The van der Waals surface area contributed by atoms with Crippen molar-refractivity contribution >= 4 is 43.6 Å².